The Bertz CT molecular complexity index is 585. The molecule has 0 saturated carbocycles. The second-order valence-electron chi connectivity index (χ2n) is 4.33. The molecule has 0 amide bonds. The number of benzene rings is 2. The summed E-state index contributed by atoms with van der Waals surface area (Å²) in [6.07, 6.45) is 0. The van der Waals surface area contributed by atoms with E-state index in [4.69, 9.17) is 39.5 Å². The highest BCUT2D eigenvalue weighted by Crippen LogP contribution is 2.37. The van der Waals surface area contributed by atoms with Crippen LogP contribution in [0.5, 0.6) is 11.5 Å². The third-order valence-corrected chi connectivity index (χ3v) is 3.63. The van der Waals surface area contributed by atoms with Crippen molar-refractivity contribution < 1.29 is 4.74 Å². The number of aryl methyl sites for hydroxylation is 2. The number of rotatable bonds is 3. The van der Waals surface area contributed by atoms with Crippen molar-refractivity contribution in [3.05, 3.63) is 57.1 Å². The van der Waals surface area contributed by atoms with Crippen LogP contribution in [0.1, 0.15) is 16.7 Å². The lowest BCUT2D eigenvalue weighted by molar-refractivity contribution is 0.471. The van der Waals surface area contributed by atoms with E-state index in [1.807, 2.05) is 38.1 Å². The van der Waals surface area contributed by atoms with E-state index in [9.17, 15) is 0 Å². The van der Waals surface area contributed by atoms with Crippen molar-refractivity contribution in [3.8, 4) is 11.5 Å². The molecule has 0 aliphatic carbocycles. The molecule has 0 radical (unpaired) electrons. The summed E-state index contributed by atoms with van der Waals surface area (Å²) >= 11 is 18.1. The Hall–Kier alpha value is -0.890. The molecule has 0 unspecified atom stereocenters. The summed E-state index contributed by atoms with van der Waals surface area (Å²) in [7, 11) is 0. The number of para-hydroxylation sites is 1. The zero-order valence-corrected chi connectivity index (χ0v) is 12.9. The lowest BCUT2D eigenvalue weighted by atomic mass is 10.1. The van der Waals surface area contributed by atoms with Crippen LogP contribution in [-0.4, -0.2) is 0 Å². The van der Waals surface area contributed by atoms with Gasteiger partial charge in [-0.05, 0) is 43.2 Å². The third kappa shape index (κ3) is 3.17. The van der Waals surface area contributed by atoms with Gasteiger partial charge in [0.25, 0.3) is 0 Å². The summed E-state index contributed by atoms with van der Waals surface area (Å²) in [4.78, 5) is 0. The Balaban J connectivity index is 2.48. The van der Waals surface area contributed by atoms with Crippen molar-refractivity contribution >= 4 is 34.8 Å². The van der Waals surface area contributed by atoms with Gasteiger partial charge >= 0.3 is 0 Å². The van der Waals surface area contributed by atoms with Crippen LogP contribution < -0.4 is 4.74 Å². The third-order valence-electron chi connectivity index (χ3n) is 2.82. The summed E-state index contributed by atoms with van der Waals surface area (Å²) in [5, 5.41) is 1.24. The molecule has 0 aliphatic heterocycles. The van der Waals surface area contributed by atoms with Gasteiger partial charge < -0.3 is 4.74 Å². The molecule has 2 aromatic rings. The Morgan fingerprint density at radius 2 is 1.63 bits per heavy atom. The zero-order valence-electron chi connectivity index (χ0n) is 10.6. The van der Waals surface area contributed by atoms with Crippen LogP contribution in [0, 0.1) is 13.8 Å². The number of hydrogen-bond donors (Lipinski definition) is 0. The van der Waals surface area contributed by atoms with Gasteiger partial charge in [0.15, 0.2) is 0 Å². The fourth-order valence-electron chi connectivity index (χ4n) is 1.93. The molecule has 0 bridgehead atoms. The van der Waals surface area contributed by atoms with Gasteiger partial charge in [-0.2, -0.15) is 0 Å². The first kappa shape index (κ1) is 14.5. The van der Waals surface area contributed by atoms with E-state index in [0.29, 0.717) is 21.7 Å². The predicted octanol–water partition coefficient (Wildman–Crippen LogP) is 6.14. The minimum absolute atomic E-state index is 0.349. The molecule has 100 valence electrons. The Morgan fingerprint density at radius 3 is 2.21 bits per heavy atom. The Labute approximate surface area is 128 Å². The second kappa shape index (κ2) is 6.04. The predicted molar refractivity (Wildman–Crippen MR) is 82.0 cm³/mol. The molecule has 19 heavy (non-hydrogen) atoms. The van der Waals surface area contributed by atoms with E-state index >= 15 is 0 Å². The lowest BCUT2D eigenvalue weighted by Crippen LogP contribution is -1.95. The highest BCUT2D eigenvalue weighted by atomic mass is 35.5. The largest absolute Gasteiger partial charge is 0.455 e. The summed E-state index contributed by atoms with van der Waals surface area (Å²) in [5.41, 5.74) is 2.79. The van der Waals surface area contributed by atoms with Crippen molar-refractivity contribution in [1.29, 1.82) is 0 Å². The number of halogens is 3. The first-order valence-corrected chi connectivity index (χ1v) is 7.10. The summed E-state index contributed by atoms with van der Waals surface area (Å²) in [6, 6.07) is 9.26. The standard InChI is InChI=1S/C15H13Cl3O/c1-9-6-12(17)7-10(2)14(9)19-15-11(8-16)4-3-5-13(15)18/h3-7H,8H2,1-2H3. The molecular weight excluding hydrogens is 303 g/mol. The molecule has 0 fully saturated rings. The zero-order chi connectivity index (χ0) is 14.0. The summed E-state index contributed by atoms with van der Waals surface area (Å²) in [6.45, 7) is 3.90. The molecule has 2 rings (SSSR count). The molecule has 0 atom stereocenters. The normalized spacial score (nSPS) is 10.6. The van der Waals surface area contributed by atoms with Crippen LogP contribution in [0.4, 0.5) is 0 Å². The van der Waals surface area contributed by atoms with E-state index < -0.39 is 0 Å². The van der Waals surface area contributed by atoms with Gasteiger partial charge in [-0.3, -0.25) is 0 Å². The fourth-order valence-corrected chi connectivity index (χ4v) is 2.70. The van der Waals surface area contributed by atoms with Crippen molar-refractivity contribution in [1.82, 2.24) is 0 Å². The van der Waals surface area contributed by atoms with Gasteiger partial charge in [-0.25, -0.2) is 0 Å². The topological polar surface area (TPSA) is 9.23 Å². The molecule has 0 N–H and O–H groups in total. The van der Waals surface area contributed by atoms with E-state index in [1.165, 1.54) is 0 Å². The van der Waals surface area contributed by atoms with Gasteiger partial charge in [-0.1, -0.05) is 35.3 Å². The molecule has 0 heterocycles. The van der Waals surface area contributed by atoms with Gasteiger partial charge in [0, 0.05) is 10.6 Å². The van der Waals surface area contributed by atoms with Crippen LogP contribution in [0.2, 0.25) is 10.0 Å². The Morgan fingerprint density at radius 1 is 1.00 bits per heavy atom. The summed E-state index contributed by atoms with van der Waals surface area (Å²) in [5.74, 6) is 1.72. The molecule has 2 aromatic carbocycles. The highest BCUT2D eigenvalue weighted by Gasteiger charge is 2.12. The van der Waals surface area contributed by atoms with Crippen LogP contribution in [0.15, 0.2) is 30.3 Å². The monoisotopic (exact) mass is 314 g/mol. The quantitative estimate of drug-likeness (QED) is 0.618. The van der Waals surface area contributed by atoms with E-state index in [2.05, 4.69) is 0 Å². The lowest BCUT2D eigenvalue weighted by Gasteiger charge is -2.15. The minimum atomic E-state index is 0.349. The van der Waals surface area contributed by atoms with Crippen LogP contribution in [0.25, 0.3) is 0 Å². The average Bonchev–Trinajstić information content (AvgIpc) is 2.34. The number of alkyl halides is 1. The van der Waals surface area contributed by atoms with Crippen LogP contribution in [-0.2, 0) is 5.88 Å². The fraction of sp³-hybridized carbons (Fsp3) is 0.200. The van der Waals surface area contributed by atoms with Crippen LogP contribution in [0.3, 0.4) is 0 Å². The van der Waals surface area contributed by atoms with Crippen LogP contribution >= 0.6 is 34.8 Å². The van der Waals surface area contributed by atoms with Crippen molar-refractivity contribution in [2.75, 3.05) is 0 Å². The minimum Gasteiger partial charge on any atom is -0.455 e. The van der Waals surface area contributed by atoms with Gasteiger partial charge in [0.2, 0.25) is 0 Å². The van der Waals surface area contributed by atoms with E-state index in [0.717, 1.165) is 22.4 Å². The molecule has 0 saturated heterocycles. The molecule has 1 nitrogen and oxygen atoms in total. The molecule has 0 aromatic heterocycles. The van der Waals surface area contributed by atoms with Gasteiger partial charge in [0.1, 0.15) is 11.5 Å². The first-order valence-electron chi connectivity index (χ1n) is 5.81. The van der Waals surface area contributed by atoms with E-state index in [1.54, 1.807) is 6.07 Å². The maximum absolute atomic E-state index is 6.18. The average molecular weight is 316 g/mol. The molecule has 0 aliphatic rings. The second-order valence-corrected chi connectivity index (χ2v) is 5.44. The van der Waals surface area contributed by atoms with Gasteiger partial charge in [-0.15, -0.1) is 11.6 Å². The Kier molecular flexibility index (Phi) is 4.62. The maximum atomic E-state index is 6.18. The van der Waals surface area contributed by atoms with Crippen molar-refractivity contribution in [3.63, 3.8) is 0 Å². The highest BCUT2D eigenvalue weighted by molar-refractivity contribution is 6.32. The summed E-state index contributed by atoms with van der Waals surface area (Å²) < 4.78 is 5.97. The first-order chi connectivity index (χ1) is 9.02. The molecule has 4 heteroatoms. The van der Waals surface area contributed by atoms with E-state index in [-0.39, 0.29) is 0 Å². The van der Waals surface area contributed by atoms with Crippen molar-refractivity contribution in [2.45, 2.75) is 19.7 Å². The molecule has 0 spiro atoms. The van der Waals surface area contributed by atoms with Crippen molar-refractivity contribution in [2.24, 2.45) is 0 Å². The number of hydrogen-bond acceptors (Lipinski definition) is 1. The molecular formula is C15H13Cl3O. The SMILES string of the molecule is Cc1cc(Cl)cc(C)c1Oc1c(Cl)cccc1CCl. The number of ether oxygens (including phenoxy) is 1. The van der Waals surface area contributed by atoms with Gasteiger partial charge in [0.05, 0.1) is 10.9 Å². The smallest absolute Gasteiger partial charge is 0.150 e. The maximum Gasteiger partial charge on any atom is 0.150 e.